The van der Waals surface area contributed by atoms with Gasteiger partial charge in [0.2, 0.25) is 5.91 Å². The van der Waals surface area contributed by atoms with Crippen molar-refractivity contribution in [3.05, 3.63) is 27.7 Å². The maximum absolute atomic E-state index is 11.8. The van der Waals surface area contributed by atoms with Gasteiger partial charge in [-0.3, -0.25) is 4.79 Å². The molecule has 0 fully saturated rings. The number of rotatable bonds is 5. The minimum Gasteiger partial charge on any atom is -0.325 e. The molecule has 1 unspecified atom stereocenters. The first-order valence-electron chi connectivity index (χ1n) is 5.93. The monoisotopic (exact) mass is 288 g/mol. The third-order valence-electron chi connectivity index (χ3n) is 2.57. The van der Waals surface area contributed by atoms with Gasteiger partial charge in [0.05, 0.1) is 10.7 Å². The van der Waals surface area contributed by atoms with Crippen molar-refractivity contribution in [3.8, 4) is 0 Å². The van der Waals surface area contributed by atoms with Crippen molar-refractivity contribution in [2.24, 2.45) is 0 Å². The Kier molecular flexibility index (Phi) is 5.93. The van der Waals surface area contributed by atoms with Crippen LogP contribution in [0, 0.1) is 6.92 Å². The lowest BCUT2D eigenvalue weighted by molar-refractivity contribution is -0.116. The van der Waals surface area contributed by atoms with E-state index in [0.717, 1.165) is 12.1 Å². The standard InChI is InChI=1S/C13H18Cl2N2O/c1-4-16-9(3)6-13(18)17-12-7-10(14)8(2)5-11(12)15/h5,7,9,16H,4,6H2,1-3H3,(H,17,18). The average molecular weight is 289 g/mol. The van der Waals surface area contributed by atoms with Crippen LogP contribution in [0.5, 0.6) is 0 Å². The summed E-state index contributed by atoms with van der Waals surface area (Å²) in [6.45, 7) is 6.68. The molecule has 0 aliphatic heterocycles. The van der Waals surface area contributed by atoms with E-state index in [4.69, 9.17) is 23.2 Å². The predicted octanol–water partition coefficient (Wildman–Crippen LogP) is 3.63. The van der Waals surface area contributed by atoms with Crippen LogP contribution in [0.1, 0.15) is 25.8 Å². The fraction of sp³-hybridized carbons (Fsp3) is 0.462. The number of carbonyl (C=O) groups is 1. The highest BCUT2D eigenvalue weighted by atomic mass is 35.5. The summed E-state index contributed by atoms with van der Waals surface area (Å²) in [5, 5.41) is 7.04. The maximum Gasteiger partial charge on any atom is 0.225 e. The van der Waals surface area contributed by atoms with Crippen LogP contribution >= 0.6 is 23.2 Å². The zero-order valence-electron chi connectivity index (χ0n) is 10.8. The van der Waals surface area contributed by atoms with E-state index in [2.05, 4.69) is 10.6 Å². The van der Waals surface area contributed by atoms with Gasteiger partial charge < -0.3 is 10.6 Å². The minimum absolute atomic E-state index is 0.0785. The van der Waals surface area contributed by atoms with Gasteiger partial charge in [-0.2, -0.15) is 0 Å². The van der Waals surface area contributed by atoms with Gasteiger partial charge in [0.1, 0.15) is 0 Å². The van der Waals surface area contributed by atoms with Gasteiger partial charge in [0.15, 0.2) is 0 Å². The van der Waals surface area contributed by atoms with Crippen LogP contribution in [0.2, 0.25) is 10.0 Å². The molecule has 0 radical (unpaired) electrons. The van der Waals surface area contributed by atoms with Gasteiger partial charge in [-0.25, -0.2) is 0 Å². The van der Waals surface area contributed by atoms with Crippen molar-refractivity contribution in [1.29, 1.82) is 0 Å². The topological polar surface area (TPSA) is 41.1 Å². The Bertz CT molecular complexity index is 435. The van der Waals surface area contributed by atoms with E-state index in [1.807, 2.05) is 20.8 Å². The molecule has 18 heavy (non-hydrogen) atoms. The van der Waals surface area contributed by atoms with Crippen molar-refractivity contribution >= 4 is 34.8 Å². The highest BCUT2D eigenvalue weighted by Crippen LogP contribution is 2.28. The number of halogens is 2. The zero-order valence-corrected chi connectivity index (χ0v) is 12.3. The summed E-state index contributed by atoms with van der Waals surface area (Å²) >= 11 is 12.1. The molecule has 3 nitrogen and oxygen atoms in total. The summed E-state index contributed by atoms with van der Waals surface area (Å²) < 4.78 is 0. The van der Waals surface area contributed by atoms with E-state index in [9.17, 15) is 4.79 Å². The summed E-state index contributed by atoms with van der Waals surface area (Å²) in [4.78, 5) is 11.8. The van der Waals surface area contributed by atoms with Crippen LogP contribution in [0.25, 0.3) is 0 Å². The fourth-order valence-corrected chi connectivity index (χ4v) is 2.07. The predicted molar refractivity (Wildman–Crippen MR) is 77.6 cm³/mol. The molecule has 1 rings (SSSR count). The Morgan fingerprint density at radius 3 is 2.61 bits per heavy atom. The fourth-order valence-electron chi connectivity index (χ4n) is 1.64. The highest BCUT2D eigenvalue weighted by Gasteiger charge is 2.11. The van der Waals surface area contributed by atoms with Crippen LogP contribution in [0.15, 0.2) is 12.1 Å². The van der Waals surface area contributed by atoms with Gasteiger partial charge in [-0.1, -0.05) is 30.1 Å². The first-order valence-corrected chi connectivity index (χ1v) is 6.68. The number of anilines is 1. The number of benzene rings is 1. The molecule has 1 amide bonds. The highest BCUT2D eigenvalue weighted by molar-refractivity contribution is 6.36. The molecule has 0 bridgehead atoms. The molecule has 0 saturated heterocycles. The Balaban J connectivity index is 2.67. The minimum atomic E-state index is -0.0785. The summed E-state index contributed by atoms with van der Waals surface area (Å²) in [5.74, 6) is -0.0785. The van der Waals surface area contributed by atoms with Gasteiger partial charge in [-0.05, 0) is 38.1 Å². The number of hydrogen-bond donors (Lipinski definition) is 2. The van der Waals surface area contributed by atoms with E-state index in [0.29, 0.717) is 22.2 Å². The average Bonchev–Trinajstić information content (AvgIpc) is 2.26. The number of nitrogens with one attached hydrogen (secondary N) is 2. The molecule has 0 saturated carbocycles. The van der Waals surface area contributed by atoms with Gasteiger partial charge >= 0.3 is 0 Å². The summed E-state index contributed by atoms with van der Waals surface area (Å²) in [5.41, 5.74) is 1.45. The Morgan fingerprint density at radius 1 is 1.33 bits per heavy atom. The molecule has 100 valence electrons. The normalized spacial score (nSPS) is 12.3. The molecule has 0 spiro atoms. The molecule has 0 aromatic heterocycles. The third kappa shape index (κ3) is 4.48. The number of amides is 1. The van der Waals surface area contributed by atoms with Gasteiger partial charge in [-0.15, -0.1) is 0 Å². The summed E-state index contributed by atoms with van der Waals surface area (Å²) in [6, 6.07) is 3.55. The summed E-state index contributed by atoms with van der Waals surface area (Å²) in [7, 11) is 0. The first-order chi connectivity index (χ1) is 8.43. The molecule has 1 atom stereocenters. The van der Waals surface area contributed by atoms with Gasteiger partial charge in [0.25, 0.3) is 0 Å². The number of hydrogen-bond acceptors (Lipinski definition) is 2. The maximum atomic E-state index is 11.8. The number of aryl methyl sites for hydroxylation is 1. The van der Waals surface area contributed by atoms with Crippen LogP contribution in [-0.4, -0.2) is 18.5 Å². The number of carbonyl (C=O) groups excluding carboxylic acids is 1. The van der Waals surface area contributed by atoms with Crippen molar-refractivity contribution in [3.63, 3.8) is 0 Å². The first kappa shape index (κ1) is 15.3. The van der Waals surface area contributed by atoms with Crippen molar-refractivity contribution < 1.29 is 4.79 Å². The molecule has 0 aliphatic rings. The van der Waals surface area contributed by atoms with Crippen molar-refractivity contribution in [2.45, 2.75) is 33.2 Å². The van der Waals surface area contributed by atoms with Crippen LogP contribution in [0.3, 0.4) is 0 Å². The largest absolute Gasteiger partial charge is 0.325 e. The molecular weight excluding hydrogens is 271 g/mol. The lowest BCUT2D eigenvalue weighted by atomic mass is 10.2. The zero-order chi connectivity index (χ0) is 13.7. The van der Waals surface area contributed by atoms with Crippen molar-refractivity contribution in [1.82, 2.24) is 5.32 Å². The Morgan fingerprint density at radius 2 is 2.00 bits per heavy atom. The van der Waals surface area contributed by atoms with E-state index in [1.54, 1.807) is 12.1 Å². The summed E-state index contributed by atoms with van der Waals surface area (Å²) in [6.07, 6.45) is 0.398. The second kappa shape index (κ2) is 6.98. The lowest BCUT2D eigenvalue weighted by Crippen LogP contribution is -2.30. The van der Waals surface area contributed by atoms with E-state index in [1.165, 1.54) is 0 Å². The van der Waals surface area contributed by atoms with Gasteiger partial charge in [0, 0.05) is 17.5 Å². The molecule has 0 aliphatic carbocycles. The molecule has 2 N–H and O–H groups in total. The van der Waals surface area contributed by atoms with E-state index in [-0.39, 0.29) is 11.9 Å². The van der Waals surface area contributed by atoms with Crippen LogP contribution < -0.4 is 10.6 Å². The smallest absolute Gasteiger partial charge is 0.225 e. The third-order valence-corrected chi connectivity index (χ3v) is 3.29. The molecule has 0 heterocycles. The van der Waals surface area contributed by atoms with E-state index < -0.39 is 0 Å². The van der Waals surface area contributed by atoms with E-state index >= 15 is 0 Å². The van der Waals surface area contributed by atoms with Crippen molar-refractivity contribution in [2.75, 3.05) is 11.9 Å². The molecule has 1 aromatic rings. The Labute approximate surface area is 118 Å². The molecular formula is C13H18Cl2N2O. The Hall–Kier alpha value is -0.770. The lowest BCUT2D eigenvalue weighted by Gasteiger charge is -2.13. The molecule has 1 aromatic carbocycles. The van der Waals surface area contributed by atoms with Crippen LogP contribution in [-0.2, 0) is 4.79 Å². The quantitative estimate of drug-likeness (QED) is 0.869. The second-order valence-electron chi connectivity index (χ2n) is 4.29. The molecule has 5 heteroatoms. The SMILES string of the molecule is CCNC(C)CC(=O)Nc1cc(Cl)c(C)cc1Cl. The van der Waals surface area contributed by atoms with Crippen LogP contribution in [0.4, 0.5) is 5.69 Å². The second-order valence-corrected chi connectivity index (χ2v) is 5.11.